The van der Waals surface area contributed by atoms with Gasteiger partial charge in [-0.3, -0.25) is 0 Å². The molecule has 0 unspecified atom stereocenters. The molecule has 1 aromatic rings. The molecule has 0 atom stereocenters. The fraction of sp³-hybridized carbons (Fsp3) is 0.167. The van der Waals surface area contributed by atoms with Gasteiger partial charge in [-0.15, -0.1) is 0 Å². The van der Waals surface area contributed by atoms with Crippen LogP contribution in [0.2, 0.25) is 0 Å². The van der Waals surface area contributed by atoms with Crippen molar-refractivity contribution in [2.75, 3.05) is 0 Å². The van der Waals surface area contributed by atoms with Crippen LogP contribution in [0.4, 0.5) is 0 Å². The first kappa shape index (κ1) is 9.40. The molecule has 44 valence electrons. The standard InChI is InChI=1S/C6H6N.BrH.Mg/c1-6-3-2-4-7-5-6;;/h2-5H,1H2;1H;/q;;+1/p-1. The molecule has 0 bridgehead atoms. The summed E-state index contributed by atoms with van der Waals surface area (Å²) in [6, 6.07) is 4.04. The van der Waals surface area contributed by atoms with Crippen LogP contribution in [0.5, 0.6) is 0 Å². The SMILES string of the molecule is [Br-].[Mg+][CH2]c1cccnc1. The minimum atomic E-state index is 0. The van der Waals surface area contributed by atoms with Gasteiger partial charge in [-0.2, -0.15) is 0 Å². The summed E-state index contributed by atoms with van der Waals surface area (Å²) < 4.78 is 1.10. The zero-order chi connectivity index (χ0) is 5.82. The predicted molar refractivity (Wildman–Crippen MR) is 33.7 cm³/mol. The maximum absolute atomic E-state index is 3.96. The van der Waals surface area contributed by atoms with Crippen molar-refractivity contribution in [1.82, 2.24) is 4.98 Å². The second kappa shape index (κ2) is 5.20. The molecular formula is C6H6BrMgN. The van der Waals surface area contributed by atoms with Crippen LogP contribution in [-0.4, -0.2) is 26.7 Å². The first-order chi connectivity index (χ1) is 3.93. The van der Waals surface area contributed by atoms with E-state index in [1.165, 1.54) is 5.56 Å². The molecule has 1 rings (SSSR count). The van der Waals surface area contributed by atoms with Gasteiger partial charge in [0.15, 0.2) is 0 Å². The molecule has 0 aliphatic rings. The molecule has 0 amide bonds. The topological polar surface area (TPSA) is 12.9 Å². The molecule has 0 radical (unpaired) electrons. The summed E-state index contributed by atoms with van der Waals surface area (Å²) in [5.74, 6) is 0. The van der Waals surface area contributed by atoms with Crippen molar-refractivity contribution >= 4 is 21.7 Å². The first-order valence-corrected chi connectivity index (χ1v) is 3.61. The third-order valence-electron chi connectivity index (χ3n) is 1.01. The van der Waals surface area contributed by atoms with Crippen molar-refractivity contribution in [2.24, 2.45) is 0 Å². The molecule has 0 saturated heterocycles. The Bertz CT molecular complexity index is 154. The molecule has 0 spiro atoms. The Hall–Kier alpha value is 0.396. The summed E-state index contributed by atoms with van der Waals surface area (Å²) in [5, 5.41) is 0. The Kier molecular flexibility index (Phi) is 5.43. The quantitative estimate of drug-likeness (QED) is 0.463. The molecule has 0 saturated carbocycles. The van der Waals surface area contributed by atoms with E-state index in [9.17, 15) is 0 Å². The summed E-state index contributed by atoms with van der Waals surface area (Å²) in [6.45, 7) is 0. The van der Waals surface area contributed by atoms with E-state index >= 15 is 0 Å². The summed E-state index contributed by atoms with van der Waals surface area (Å²) in [6.07, 6.45) is 3.69. The van der Waals surface area contributed by atoms with Gasteiger partial charge in [0, 0.05) is 0 Å². The molecule has 9 heavy (non-hydrogen) atoms. The van der Waals surface area contributed by atoms with Gasteiger partial charge in [-0.05, 0) is 0 Å². The van der Waals surface area contributed by atoms with Crippen LogP contribution in [0.3, 0.4) is 0 Å². The Balaban J connectivity index is 0.000000640. The van der Waals surface area contributed by atoms with Crippen LogP contribution in [0.1, 0.15) is 5.56 Å². The fourth-order valence-corrected chi connectivity index (χ4v) is 0.842. The van der Waals surface area contributed by atoms with Crippen molar-refractivity contribution in [3.8, 4) is 0 Å². The summed E-state index contributed by atoms with van der Waals surface area (Å²) in [7, 11) is 0. The first-order valence-electron chi connectivity index (χ1n) is 2.61. The molecule has 0 aliphatic carbocycles. The third kappa shape index (κ3) is 3.18. The van der Waals surface area contributed by atoms with E-state index < -0.39 is 0 Å². The number of hydrogen-bond donors (Lipinski definition) is 0. The molecule has 0 aliphatic heterocycles. The van der Waals surface area contributed by atoms with Gasteiger partial charge >= 0.3 is 61.3 Å². The van der Waals surface area contributed by atoms with Crippen molar-refractivity contribution in [2.45, 2.75) is 4.55 Å². The second-order valence-corrected chi connectivity index (χ2v) is 2.11. The van der Waals surface area contributed by atoms with Gasteiger partial charge in [0.2, 0.25) is 0 Å². The molecule has 0 fully saturated rings. The van der Waals surface area contributed by atoms with Crippen molar-refractivity contribution in [3.05, 3.63) is 30.1 Å². The average molecular weight is 196 g/mol. The normalized spacial score (nSPS) is 8.22. The Morgan fingerprint density at radius 2 is 2.33 bits per heavy atom. The summed E-state index contributed by atoms with van der Waals surface area (Å²) in [4.78, 5) is 3.96. The number of halogens is 1. The van der Waals surface area contributed by atoms with E-state index in [2.05, 4.69) is 11.1 Å². The molecule has 3 heteroatoms. The van der Waals surface area contributed by atoms with Gasteiger partial charge in [0.25, 0.3) is 0 Å². The second-order valence-electron chi connectivity index (χ2n) is 1.61. The summed E-state index contributed by atoms with van der Waals surface area (Å²) in [5.41, 5.74) is 1.31. The van der Waals surface area contributed by atoms with Crippen LogP contribution in [0, 0.1) is 0 Å². The molecule has 0 aromatic carbocycles. The number of pyridine rings is 1. The molecular weight excluding hydrogens is 190 g/mol. The minimum absolute atomic E-state index is 0. The third-order valence-corrected chi connectivity index (χ3v) is 1.59. The van der Waals surface area contributed by atoms with Crippen molar-refractivity contribution in [1.29, 1.82) is 0 Å². The van der Waals surface area contributed by atoms with E-state index in [-0.39, 0.29) is 17.0 Å². The Morgan fingerprint density at radius 3 is 2.67 bits per heavy atom. The van der Waals surface area contributed by atoms with Crippen LogP contribution in [0.25, 0.3) is 0 Å². The van der Waals surface area contributed by atoms with Gasteiger partial charge in [-0.25, -0.2) is 0 Å². The number of rotatable bonds is 1. The van der Waals surface area contributed by atoms with Crippen LogP contribution >= 0.6 is 0 Å². The summed E-state index contributed by atoms with van der Waals surface area (Å²) >= 11 is 1.94. The van der Waals surface area contributed by atoms with Crippen LogP contribution in [0.15, 0.2) is 24.5 Å². The zero-order valence-electron chi connectivity index (χ0n) is 5.05. The van der Waals surface area contributed by atoms with Crippen LogP contribution in [-0.2, 0) is 4.55 Å². The molecule has 1 nitrogen and oxygen atoms in total. The number of aromatic nitrogens is 1. The van der Waals surface area contributed by atoms with E-state index in [4.69, 9.17) is 0 Å². The van der Waals surface area contributed by atoms with E-state index in [1.807, 2.05) is 34.0 Å². The van der Waals surface area contributed by atoms with E-state index in [0.717, 1.165) is 4.55 Å². The van der Waals surface area contributed by atoms with Gasteiger partial charge < -0.3 is 17.0 Å². The van der Waals surface area contributed by atoms with Gasteiger partial charge in [0.05, 0.1) is 0 Å². The molecule has 1 heterocycles. The van der Waals surface area contributed by atoms with E-state index in [1.54, 1.807) is 6.20 Å². The van der Waals surface area contributed by atoms with Crippen molar-refractivity contribution in [3.63, 3.8) is 0 Å². The van der Waals surface area contributed by atoms with Crippen molar-refractivity contribution < 1.29 is 17.0 Å². The number of hydrogen-bond acceptors (Lipinski definition) is 1. The average Bonchev–Trinajstić information content (AvgIpc) is 1.90. The molecule has 0 N–H and O–H groups in total. The van der Waals surface area contributed by atoms with Gasteiger partial charge in [0.1, 0.15) is 0 Å². The van der Waals surface area contributed by atoms with Gasteiger partial charge in [-0.1, -0.05) is 0 Å². The van der Waals surface area contributed by atoms with E-state index in [0.29, 0.717) is 0 Å². The monoisotopic (exact) mass is 195 g/mol. The molecule has 1 aromatic heterocycles. The Labute approximate surface area is 78.1 Å². The predicted octanol–water partition coefficient (Wildman–Crippen LogP) is -2.25. The number of nitrogens with zero attached hydrogens (tertiary/aromatic N) is 1. The zero-order valence-corrected chi connectivity index (χ0v) is 8.05. The maximum atomic E-state index is 3.96. The Morgan fingerprint density at radius 1 is 1.56 bits per heavy atom. The fourth-order valence-electron chi connectivity index (χ4n) is 0.546. The van der Waals surface area contributed by atoms with Crippen LogP contribution < -0.4 is 17.0 Å².